The van der Waals surface area contributed by atoms with Crippen LogP contribution in [0.3, 0.4) is 0 Å². The van der Waals surface area contributed by atoms with Gasteiger partial charge < -0.3 is 4.79 Å². The molecule has 0 atom stereocenters. The molecule has 0 saturated carbocycles. The first-order chi connectivity index (χ1) is 6.77. The van der Waals surface area contributed by atoms with Crippen molar-refractivity contribution in [1.82, 2.24) is 0 Å². The highest BCUT2D eigenvalue weighted by Crippen LogP contribution is 1.98. The van der Waals surface area contributed by atoms with Gasteiger partial charge in [-0.05, 0) is 13.3 Å². The predicted molar refractivity (Wildman–Crippen MR) is 61.3 cm³/mol. The molecule has 1 nitrogen and oxygen atoms in total. The fraction of sp³-hybridized carbons (Fsp3) is 0.462. The third kappa shape index (κ3) is 10.9. The molecule has 0 bridgehead atoms. The molecule has 78 valence electrons. The van der Waals surface area contributed by atoms with Crippen LogP contribution in [0.15, 0.2) is 36.4 Å². The van der Waals surface area contributed by atoms with E-state index in [0.29, 0.717) is 5.78 Å². The lowest BCUT2D eigenvalue weighted by Gasteiger charge is -1.90. The lowest BCUT2D eigenvalue weighted by atomic mass is 10.2. The van der Waals surface area contributed by atoms with Crippen LogP contribution in [0.4, 0.5) is 0 Å². The van der Waals surface area contributed by atoms with Crippen LogP contribution in [0.1, 0.15) is 39.5 Å². The molecule has 1 heteroatoms. The van der Waals surface area contributed by atoms with E-state index in [2.05, 4.69) is 6.92 Å². The summed E-state index contributed by atoms with van der Waals surface area (Å²) in [4.78, 5) is 10.3. The van der Waals surface area contributed by atoms with Crippen LogP contribution in [0.2, 0.25) is 0 Å². The SMILES string of the molecule is CCCCCC(C)=O.c1ccccc1. The fourth-order valence-electron chi connectivity index (χ4n) is 1.01. The first kappa shape index (κ1) is 12.9. The summed E-state index contributed by atoms with van der Waals surface area (Å²) in [6.07, 6.45) is 4.24. The summed E-state index contributed by atoms with van der Waals surface area (Å²) >= 11 is 0. The molecule has 0 aliphatic carbocycles. The molecule has 14 heavy (non-hydrogen) atoms. The summed E-state index contributed by atoms with van der Waals surface area (Å²) < 4.78 is 0. The Morgan fingerprint density at radius 1 is 0.929 bits per heavy atom. The molecule has 0 amide bonds. The molecule has 0 radical (unpaired) electrons. The van der Waals surface area contributed by atoms with E-state index in [-0.39, 0.29) is 0 Å². The van der Waals surface area contributed by atoms with E-state index in [9.17, 15) is 4.79 Å². The second-order valence-electron chi connectivity index (χ2n) is 3.31. The van der Waals surface area contributed by atoms with Gasteiger partial charge in [-0.2, -0.15) is 0 Å². The van der Waals surface area contributed by atoms with E-state index in [0.717, 1.165) is 12.8 Å². The number of carbonyl (C=O) groups excluding carboxylic acids is 1. The summed E-state index contributed by atoms with van der Waals surface area (Å²) in [5, 5.41) is 0. The van der Waals surface area contributed by atoms with Gasteiger partial charge >= 0.3 is 0 Å². The maximum atomic E-state index is 10.3. The molecule has 0 aliphatic rings. The standard InChI is InChI=1S/C7H14O.C6H6/c1-3-4-5-6-7(2)8;1-2-4-6-5-3-1/h3-6H2,1-2H3;1-6H. The van der Waals surface area contributed by atoms with Crippen molar-refractivity contribution >= 4 is 5.78 Å². The predicted octanol–water partition coefficient (Wildman–Crippen LogP) is 3.84. The normalized spacial score (nSPS) is 8.71. The van der Waals surface area contributed by atoms with Crippen molar-refractivity contribution in [3.05, 3.63) is 36.4 Å². The summed E-state index contributed by atoms with van der Waals surface area (Å²) in [5.41, 5.74) is 0. The number of rotatable bonds is 4. The summed E-state index contributed by atoms with van der Waals surface area (Å²) in [6, 6.07) is 12.0. The van der Waals surface area contributed by atoms with Gasteiger partial charge in [-0.1, -0.05) is 56.2 Å². The van der Waals surface area contributed by atoms with E-state index >= 15 is 0 Å². The van der Waals surface area contributed by atoms with Crippen LogP contribution < -0.4 is 0 Å². The second kappa shape index (κ2) is 9.97. The Balaban J connectivity index is 0.000000249. The van der Waals surface area contributed by atoms with E-state index < -0.39 is 0 Å². The highest BCUT2D eigenvalue weighted by Gasteiger charge is 1.89. The lowest BCUT2D eigenvalue weighted by molar-refractivity contribution is -0.117. The number of hydrogen-bond donors (Lipinski definition) is 0. The van der Waals surface area contributed by atoms with Gasteiger partial charge in [0.05, 0.1) is 0 Å². The van der Waals surface area contributed by atoms with E-state index in [1.807, 2.05) is 36.4 Å². The molecule has 1 aromatic rings. The van der Waals surface area contributed by atoms with Crippen molar-refractivity contribution in [3.8, 4) is 0 Å². The molecule has 0 saturated heterocycles. The molecular weight excluding hydrogens is 172 g/mol. The number of carbonyl (C=O) groups is 1. The minimum Gasteiger partial charge on any atom is -0.300 e. The van der Waals surface area contributed by atoms with Gasteiger partial charge in [0.2, 0.25) is 0 Å². The first-order valence-corrected chi connectivity index (χ1v) is 5.26. The molecule has 1 aromatic carbocycles. The number of hydrogen-bond acceptors (Lipinski definition) is 1. The van der Waals surface area contributed by atoms with Crippen LogP contribution in [0.25, 0.3) is 0 Å². The zero-order valence-electron chi connectivity index (χ0n) is 9.20. The van der Waals surface area contributed by atoms with Gasteiger partial charge in [0, 0.05) is 6.42 Å². The number of benzene rings is 1. The van der Waals surface area contributed by atoms with Crippen LogP contribution in [-0.2, 0) is 4.79 Å². The molecule has 0 fully saturated rings. The highest BCUT2D eigenvalue weighted by atomic mass is 16.1. The van der Waals surface area contributed by atoms with Gasteiger partial charge in [0.15, 0.2) is 0 Å². The number of ketones is 1. The van der Waals surface area contributed by atoms with Crippen LogP contribution >= 0.6 is 0 Å². The summed E-state index contributed by atoms with van der Waals surface area (Å²) in [6.45, 7) is 3.79. The Bertz CT molecular complexity index is 189. The molecule has 0 unspecified atom stereocenters. The molecule has 0 spiro atoms. The third-order valence-corrected chi connectivity index (χ3v) is 1.80. The maximum Gasteiger partial charge on any atom is 0.129 e. The van der Waals surface area contributed by atoms with Gasteiger partial charge in [0.1, 0.15) is 5.78 Å². The average molecular weight is 192 g/mol. The Morgan fingerprint density at radius 3 is 1.64 bits per heavy atom. The van der Waals surface area contributed by atoms with Crippen molar-refractivity contribution in [2.45, 2.75) is 39.5 Å². The van der Waals surface area contributed by atoms with Gasteiger partial charge in [-0.3, -0.25) is 0 Å². The van der Waals surface area contributed by atoms with Crippen molar-refractivity contribution < 1.29 is 4.79 Å². The zero-order chi connectivity index (χ0) is 10.6. The van der Waals surface area contributed by atoms with Crippen LogP contribution in [0, 0.1) is 0 Å². The quantitative estimate of drug-likeness (QED) is 0.662. The number of unbranched alkanes of at least 4 members (excludes halogenated alkanes) is 2. The van der Waals surface area contributed by atoms with Crippen molar-refractivity contribution in [2.75, 3.05) is 0 Å². The average Bonchev–Trinajstić information content (AvgIpc) is 2.21. The van der Waals surface area contributed by atoms with Crippen LogP contribution in [0.5, 0.6) is 0 Å². The number of Topliss-reactive ketones (excluding diaryl/α,β-unsaturated/α-hetero) is 1. The summed E-state index contributed by atoms with van der Waals surface area (Å²) in [7, 11) is 0. The Labute approximate surface area is 87.2 Å². The Morgan fingerprint density at radius 2 is 1.36 bits per heavy atom. The third-order valence-electron chi connectivity index (χ3n) is 1.80. The van der Waals surface area contributed by atoms with Crippen molar-refractivity contribution in [3.63, 3.8) is 0 Å². The highest BCUT2D eigenvalue weighted by molar-refractivity contribution is 5.75. The van der Waals surface area contributed by atoms with Gasteiger partial charge in [-0.25, -0.2) is 0 Å². The molecule has 0 aromatic heterocycles. The monoisotopic (exact) mass is 192 g/mol. The van der Waals surface area contributed by atoms with Crippen molar-refractivity contribution in [2.24, 2.45) is 0 Å². The molecular formula is C13H20O. The van der Waals surface area contributed by atoms with E-state index in [1.54, 1.807) is 6.92 Å². The Hall–Kier alpha value is -1.11. The second-order valence-corrected chi connectivity index (χ2v) is 3.31. The van der Waals surface area contributed by atoms with Crippen LogP contribution in [-0.4, -0.2) is 5.78 Å². The van der Waals surface area contributed by atoms with E-state index in [4.69, 9.17) is 0 Å². The largest absolute Gasteiger partial charge is 0.300 e. The van der Waals surface area contributed by atoms with Gasteiger partial charge in [-0.15, -0.1) is 0 Å². The fourth-order valence-corrected chi connectivity index (χ4v) is 1.01. The lowest BCUT2D eigenvalue weighted by Crippen LogP contribution is -1.87. The topological polar surface area (TPSA) is 17.1 Å². The molecule has 1 rings (SSSR count). The maximum absolute atomic E-state index is 10.3. The molecule has 0 aliphatic heterocycles. The smallest absolute Gasteiger partial charge is 0.129 e. The first-order valence-electron chi connectivity index (χ1n) is 5.26. The van der Waals surface area contributed by atoms with Crippen molar-refractivity contribution in [1.29, 1.82) is 0 Å². The summed E-state index contributed by atoms with van der Waals surface area (Å²) in [5.74, 6) is 0.318. The minimum absolute atomic E-state index is 0.318. The van der Waals surface area contributed by atoms with Gasteiger partial charge in [0.25, 0.3) is 0 Å². The minimum atomic E-state index is 0.318. The molecule has 0 N–H and O–H groups in total. The Kier molecular flexibility index (Phi) is 9.18. The van der Waals surface area contributed by atoms with E-state index in [1.165, 1.54) is 12.8 Å². The molecule has 0 heterocycles. The zero-order valence-corrected chi connectivity index (χ0v) is 9.20.